The summed E-state index contributed by atoms with van der Waals surface area (Å²) >= 11 is 1.39. The average Bonchev–Trinajstić information content (AvgIpc) is 3.35. The molecule has 0 saturated heterocycles. The quantitative estimate of drug-likeness (QED) is 0.483. The van der Waals surface area contributed by atoms with Gasteiger partial charge in [0, 0.05) is 22.7 Å². The number of rotatable bonds is 8. The van der Waals surface area contributed by atoms with Gasteiger partial charge in [0.15, 0.2) is 5.69 Å². The van der Waals surface area contributed by atoms with E-state index in [-0.39, 0.29) is 18.0 Å². The Morgan fingerprint density at radius 1 is 1.03 bits per heavy atom. The zero-order chi connectivity index (χ0) is 24.3. The molecule has 0 spiro atoms. The summed E-state index contributed by atoms with van der Waals surface area (Å²) in [6.07, 6.45) is 2.88. The smallest absolute Gasteiger partial charge is 0.352 e. The van der Waals surface area contributed by atoms with Crippen molar-refractivity contribution in [2.75, 3.05) is 18.4 Å². The number of nitrogens with two attached hydrogens (primary N) is 1. The lowest BCUT2D eigenvalue weighted by Gasteiger charge is -2.15. The lowest BCUT2D eigenvalue weighted by molar-refractivity contribution is -0.142. The maximum atomic E-state index is 13.5. The first kappa shape index (κ1) is 24.7. The average molecular weight is 498 g/mol. The molecular weight excluding hydrogens is 467 g/mol. The predicted molar refractivity (Wildman–Crippen MR) is 124 cm³/mol. The molecule has 0 aromatic carbocycles. The molecule has 2 aliphatic carbocycles. The summed E-state index contributed by atoms with van der Waals surface area (Å²) in [5, 5.41) is 9.96. The van der Waals surface area contributed by atoms with Crippen molar-refractivity contribution in [3.05, 3.63) is 33.0 Å². The largest absolute Gasteiger partial charge is 0.435 e. The van der Waals surface area contributed by atoms with Crippen LogP contribution in [-0.2, 0) is 43.2 Å². The fourth-order valence-electron chi connectivity index (χ4n) is 4.79. The number of amides is 2. The van der Waals surface area contributed by atoms with E-state index in [0.29, 0.717) is 48.6 Å². The molecule has 2 amide bonds. The van der Waals surface area contributed by atoms with Crippen molar-refractivity contribution in [3.8, 4) is 0 Å². The molecule has 186 valence electrons. The Kier molecular flexibility index (Phi) is 7.61. The number of nitrogens with zero attached hydrogens (tertiary/aromatic N) is 2. The van der Waals surface area contributed by atoms with Gasteiger partial charge in [-0.15, -0.1) is 11.3 Å². The van der Waals surface area contributed by atoms with E-state index in [1.54, 1.807) is 0 Å². The second kappa shape index (κ2) is 10.5. The predicted octanol–water partition coefficient (Wildman–Crippen LogP) is 3.83. The molecule has 0 fully saturated rings. The van der Waals surface area contributed by atoms with E-state index >= 15 is 0 Å². The van der Waals surface area contributed by atoms with Crippen LogP contribution in [0.2, 0.25) is 0 Å². The van der Waals surface area contributed by atoms with Gasteiger partial charge in [0.1, 0.15) is 11.5 Å². The molecule has 7 nitrogen and oxygen atoms in total. The first-order valence-electron chi connectivity index (χ1n) is 11.9. The van der Waals surface area contributed by atoms with Crippen molar-refractivity contribution >= 4 is 28.2 Å². The van der Waals surface area contributed by atoms with Crippen LogP contribution in [0.15, 0.2) is 0 Å². The minimum atomic E-state index is -4.55. The number of anilines is 1. The highest BCUT2D eigenvalue weighted by atomic mass is 32.1. The first-order valence-corrected chi connectivity index (χ1v) is 12.7. The summed E-state index contributed by atoms with van der Waals surface area (Å²) in [6, 6.07) is 0. The van der Waals surface area contributed by atoms with Gasteiger partial charge in [-0.05, 0) is 76.3 Å². The molecule has 2 aromatic rings. The van der Waals surface area contributed by atoms with Crippen LogP contribution < -0.4 is 16.4 Å². The molecule has 0 saturated carbocycles. The molecule has 0 aliphatic heterocycles. The minimum Gasteiger partial charge on any atom is -0.352 e. The number of aromatic nitrogens is 2. The zero-order valence-corrected chi connectivity index (χ0v) is 19.8. The Morgan fingerprint density at radius 3 is 2.47 bits per heavy atom. The van der Waals surface area contributed by atoms with Gasteiger partial charge in [-0.25, -0.2) is 0 Å². The van der Waals surface area contributed by atoms with Crippen molar-refractivity contribution < 1.29 is 22.8 Å². The molecule has 4 N–H and O–H groups in total. The number of unbranched alkanes of at least 4 members (excludes halogenated alkanes) is 1. The second-order valence-corrected chi connectivity index (χ2v) is 9.96. The van der Waals surface area contributed by atoms with E-state index in [9.17, 15) is 22.8 Å². The van der Waals surface area contributed by atoms with Gasteiger partial charge < -0.3 is 16.4 Å². The third kappa shape index (κ3) is 5.30. The van der Waals surface area contributed by atoms with Gasteiger partial charge in [0.2, 0.25) is 5.91 Å². The summed E-state index contributed by atoms with van der Waals surface area (Å²) in [6.45, 7) is 0.727. The summed E-state index contributed by atoms with van der Waals surface area (Å²) < 4.78 is 41.6. The van der Waals surface area contributed by atoms with Crippen LogP contribution in [0.3, 0.4) is 0 Å². The van der Waals surface area contributed by atoms with Gasteiger partial charge in [0.25, 0.3) is 5.91 Å². The van der Waals surface area contributed by atoms with E-state index in [4.69, 9.17) is 5.73 Å². The van der Waals surface area contributed by atoms with Gasteiger partial charge in [0.05, 0.1) is 5.56 Å². The van der Waals surface area contributed by atoms with Crippen LogP contribution in [0.1, 0.15) is 76.3 Å². The molecule has 0 bridgehead atoms. The number of halogens is 3. The number of hydrogen-bond acceptors (Lipinski definition) is 5. The monoisotopic (exact) mass is 497 g/mol. The van der Waals surface area contributed by atoms with Gasteiger partial charge in [-0.1, -0.05) is 0 Å². The zero-order valence-electron chi connectivity index (χ0n) is 19.0. The standard InChI is InChI=1S/C23H30F3N5O2S/c24-23(25,26)20-14-7-1-3-9-16(14)31(30-20)13-18(32)29-22-19(21(33)28-12-6-5-11-27)15-8-2-4-10-17(15)34-22/h1-13,27H2,(H,28,33)(H,29,32). The molecule has 0 atom stereocenters. The SMILES string of the molecule is NCCCCNC(=O)c1c(NC(=O)Cn2nc(C(F)(F)F)c3c2CCCC3)sc2c1CCCC2. The molecule has 2 aromatic heterocycles. The van der Waals surface area contributed by atoms with E-state index in [1.807, 2.05) is 0 Å². The Bertz CT molecular complexity index is 1060. The van der Waals surface area contributed by atoms with Crippen molar-refractivity contribution in [2.45, 2.75) is 76.9 Å². The van der Waals surface area contributed by atoms with Gasteiger partial charge >= 0.3 is 6.18 Å². The van der Waals surface area contributed by atoms with Crippen LogP contribution in [0.25, 0.3) is 0 Å². The molecule has 0 unspecified atom stereocenters. The molecule has 11 heteroatoms. The van der Waals surface area contributed by atoms with E-state index in [0.717, 1.165) is 55.4 Å². The number of carbonyl (C=O) groups is 2. The van der Waals surface area contributed by atoms with Crippen molar-refractivity contribution in [1.82, 2.24) is 15.1 Å². The van der Waals surface area contributed by atoms with Crippen molar-refractivity contribution in [3.63, 3.8) is 0 Å². The third-order valence-electron chi connectivity index (χ3n) is 6.39. The second-order valence-electron chi connectivity index (χ2n) is 8.85. The van der Waals surface area contributed by atoms with E-state index < -0.39 is 17.8 Å². The van der Waals surface area contributed by atoms with Gasteiger partial charge in [-0.2, -0.15) is 18.3 Å². The molecule has 2 aliphatic rings. The van der Waals surface area contributed by atoms with Crippen LogP contribution in [0, 0.1) is 0 Å². The van der Waals surface area contributed by atoms with Crippen LogP contribution in [-0.4, -0.2) is 34.7 Å². The number of nitrogens with one attached hydrogen (secondary N) is 2. The Labute approximate surface area is 200 Å². The highest BCUT2D eigenvalue weighted by molar-refractivity contribution is 7.17. The third-order valence-corrected chi connectivity index (χ3v) is 7.59. The fourth-order valence-corrected chi connectivity index (χ4v) is 6.09. The maximum Gasteiger partial charge on any atom is 0.435 e. The minimum absolute atomic E-state index is 0.204. The van der Waals surface area contributed by atoms with Crippen LogP contribution >= 0.6 is 11.3 Å². The number of carbonyl (C=O) groups excluding carboxylic acids is 2. The van der Waals surface area contributed by atoms with E-state index in [1.165, 1.54) is 16.0 Å². The highest BCUT2D eigenvalue weighted by Crippen LogP contribution is 2.39. The summed E-state index contributed by atoms with van der Waals surface area (Å²) in [5.41, 5.74) is 6.77. The Morgan fingerprint density at radius 2 is 1.74 bits per heavy atom. The Balaban J connectivity index is 1.54. The van der Waals surface area contributed by atoms with Crippen LogP contribution in [0.5, 0.6) is 0 Å². The first-order chi connectivity index (χ1) is 16.3. The summed E-state index contributed by atoms with van der Waals surface area (Å²) in [4.78, 5) is 27.0. The number of alkyl halides is 3. The lowest BCUT2D eigenvalue weighted by Crippen LogP contribution is -2.28. The maximum absolute atomic E-state index is 13.5. The summed E-state index contributed by atoms with van der Waals surface area (Å²) in [5.74, 6) is -0.720. The van der Waals surface area contributed by atoms with Crippen molar-refractivity contribution in [2.24, 2.45) is 5.73 Å². The van der Waals surface area contributed by atoms with Crippen molar-refractivity contribution in [1.29, 1.82) is 0 Å². The lowest BCUT2D eigenvalue weighted by atomic mass is 9.95. The molecule has 2 heterocycles. The summed E-state index contributed by atoms with van der Waals surface area (Å²) in [7, 11) is 0. The molecule has 0 radical (unpaired) electrons. The number of aryl methyl sites for hydroxylation is 1. The fraction of sp³-hybridized carbons (Fsp3) is 0.609. The van der Waals surface area contributed by atoms with Crippen LogP contribution in [0.4, 0.5) is 18.2 Å². The topological polar surface area (TPSA) is 102 Å². The number of hydrogen-bond donors (Lipinski definition) is 3. The molecule has 34 heavy (non-hydrogen) atoms. The van der Waals surface area contributed by atoms with E-state index in [2.05, 4.69) is 15.7 Å². The Hall–Kier alpha value is -2.40. The normalized spacial score (nSPS) is 15.5. The molecular formula is C23H30F3N5O2S. The number of fused-ring (bicyclic) bond motifs is 2. The molecule has 4 rings (SSSR count). The van der Waals surface area contributed by atoms with Gasteiger partial charge in [-0.3, -0.25) is 14.3 Å². The number of thiophene rings is 1. The highest BCUT2D eigenvalue weighted by Gasteiger charge is 2.39.